The first-order chi connectivity index (χ1) is 8.79. The molecule has 0 aliphatic heterocycles. The van der Waals surface area contributed by atoms with Gasteiger partial charge in [-0.3, -0.25) is 0 Å². The Hall–Kier alpha value is -1.95. The van der Waals surface area contributed by atoms with Crippen molar-refractivity contribution in [2.45, 2.75) is 31.9 Å². The molecule has 1 unspecified atom stereocenters. The normalized spacial score (nSPS) is 15.5. The van der Waals surface area contributed by atoms with Crippen LogP contribution in [0.2, 0.25) is 0 Å². The lowest BCUT2D eigenvalue weighted by atomic mass is 10.1. The summed E-state index contributed by atoms with van der Waals surface area (Å²) in [6, 6.07) is 9.68. The maximum Gasteiger partial charge on any atom is 0.407 e. The Labute approximate surface area is 108 Å². The number of terminal acetylenes is 1. The van der Waals surface area contributed by atoms with Crippen molar-refractivity contribution in [3.63, 3.8) is 0 Å². The number of hydrogen-bond acceptors (Lipinski definition) is 2. The quantitative estimate of drug-likeness (QED) is 0.807. The van der Waals surface area contributed by atoms with Gasteiger partial charge in [0.15, 0.2) is 0 Å². The van der Waals surface area contributed by atoms with Crippen LogP contribution in [0, 0.1) is 18.3 Å². The highest BCUT2D eigenvalue weighted by Gasteiger charge is 2.31. The summed E-state index contributed by atoms with van der Waals surface area (Å²) in [5.74, 6) is 3.13. The average Bonchev–Trinajstić information content (AvgIpc) is 3.21. The highest BCUT2D eigenvalue weighted by molar-refractivity contribution is 5.67. The number of benzene rings is 1. The van der Waals surface area contributed by atoms with Crippen molar-refractivity contribution in [3.8, 4) is 12.3 Å². The van der Waals surface area contributed by atoms with Crippen LogP contribution in [-0.4, -0.2) is 12.1 Å². The van der Waals surface area contributed by atoms with Crippen LogP contribution in [0.1, 0.15) is 24.8 Å². The highest BCUT2D eigenvalue weighted by atomic mass is 16.5. The molecule has 94 valence electrons. The van der Waals surface area contributed by atoms with Crippen LogP contribution in [0.3, 0.4) is 0 Å². The van der Waals surface area contributed by atoms with Gasteiger partial charge in [0.1, 0.15) is 6.61 Å². The summed E-state index contributed by atoms with van der Waals surface area (Å²) in [5, 5.41) is 2.85. The molecule has 0 saturated heterocycles. The molecule has 1 aromatic rings. The Bertz CT molecular complexity index is 432. The van der Waals surface area contributed by atoms with Gasteiger partial charge in [0.2, 0.25) is 0 Å². The van der Waals surface area contributed by atoms with Gasteiger partial charge in [-0.2, -0.15) is 0 Å². The summed E-state index contributed by atoms with van der Waals surface area (Å²) in [6.45, 7) is 0.292. The average molecular weight is 243 g/mol. The molecule has 1 amide bonds. The summed E-state index contributed by atoms with van der Waals surface area (Å²) in [6.07, 6.45) is 7.77. The van der Waals surface area contributed by atoms with E-state index in [0.29, 0.717) is 18.9 Å². The molecule has 1 fully saturated rings. The summed E-state index contributed by atoms with van der Waals surface area (Å²) in [7, 11) is 0. The van der Waals surface area contributed by atoms with Gasteiger partial charge in [0, 0.05) is 12.5 Å². The molecular weight excluding hydrogens is 226 g/mol. The maximum absolute atomic E-state index is 11.6. The number of hydrogen-bond donors (Lipinski definition) is 1. The molecule has 0 spiro atoms. The molecule has 1 atom stereocenters. The Morgan fingerprint density at radius 3 is 2.78 bits per heavy atom. The predicted molar refractivity (Wildman–Crippen MR) is 69.7 cm³/mol. The van der Waals surface area contributed by atoms with E-state index in [9.17, 15) is 4.79 Å². The molecule has 1 saturated carbocycles. The fourth-order valence-electron chi connectivity index (χ4n) is 1.88. The summed E-state index contributed by atoms with van der Waals surface area (Å²) < 4.78 is 5.16. The van der Waals surface area contributed by atoms with E-state index < -0.39 is 0 Å². The van der Waals surface area contributed by atoms with Crippen molar-refractivity contribution in [3.05, 3.63) is 35.9 Å². The van der Waals surface area contributed by atoms with Crippen LogP contribution in [0.15, 0.2) is 30.3 Å². The van der Waals surface area contributed by atoms with E-state index in [1.165, 1.54) is 0 Å². The van der Waals surface area contributed by atoms with Crippen LogP contribution in [0.5, 0.6) is 0 Å². The van der Waals surface area contributed by atoms with Gasteiger partial charge < -0.3 is 10.1 Å². The van der Waals surface area contributed by atoms with Crippen LogP contribution in [0.4, 0.5) is 4.79 Å². The number of ether oxygens (including phenoxy) is 1. The van der Waals surface area contributed by atoms with Gasteiger partial charge in [-0.05, 0) is 24.3 Å². The van der Waals surface area contributed by atoms with Gasteiger partial charge in [-0.15, -0.1) is 12.3 Å². The van der Waals surface area contributed by atoms with Gasteiger partial charge >= 0.3 is 6.09 Å². The molecule has 3 nitrogen and oxygen atoms in total. The van der Waals surface area contributed by atoms with Crippen molar-refractivity contribution in [2.75, 3.05) is 0 Å². The Morgan fingerprint density at radius 2 is 2.17 bits per heavy atom. The maximum atomic E-state index is 11.6. The van der Waals surface area contributed by atoms with Crippen LogP contribution in [0.25, 0.3) is 0 Å². The van der Waals surface area contributed by atoms with Crippen molar-refractivity contribution >= 4 is 6.09 Å². The second-order valence-electron chi connectivity index (χ2n) is 4.56. The van der Waals surface area contributed by atoms with Gasteiger partial charge in [0.05, 0.1) is 0 Å². The molecule has 1 aliphatic carbocycles. The predicted octanol–water partition coefficient (Wildman–Crippen LogP) is 2.71. The fraction of sp³-hybridized carbons (Fsp3) is 0.400. The minimum Gasteiger partial charge on any atom is -0.445 e. The fourth-order valence-corrected chi connectivity index (χ4v) is 1.88. The molecule has 0 radical (unpaired) electrons. The van der Waals surface area contributed by atoms with E-state index in [0.717, 1.165) is 18.4 Å². The monoisotopic (exact) mass is 243 g/mol. The van der Waals surface area contributed by atoms with Crippen molar-refractivity contribution in [2.24, 2.45) is 5.92 Å². The lowest BCUT2D eigenvalue weighted by Crippen LogP contribution is -2.36. The van der Waals surface area contributed by atoms with E-state index >= 15 is 0 Å². The summed E-state index contributed by atoms with van der Waals surface area (Å²) in [5.41, 5.74) is 0.979. The van der Waals surface area contributed by atoms with Crippen molar-refractivity contribution < 1.29 is 9.53 Å². The zero-order valence-corrected chi connectivity index (χ0v) is 10.3. The molecule has 3 heteroatoms. The molecule has 0 bridgehead atoms. The summed E-state index contributed by atoms with van der Waals surface area (Å²) >= 11 is 0. The smallest absolute Gasteiger partial charge is 0.407 e. The van der Waals surface area contributed by atoms with Crippen LogP contribution in [-0.2, 0) is 11.3 Å². The Morgan fingerprint density at radius 1 is 1.44 bits per heavy atom. The zero-order valence-electron chi connectivity index (χ0n) is 10.3. The first-order valence-electron chi connectivity index (χ1n) is 6.20. The van der Waals surface area contributed by atoms with Crippen LogP contribution < -0.4 is 5.32 Å². The minimum absolute atomic E-state index is 0.0678. The lowest BCUT2D eigenvalue weighted by molar-refractivity contribution is 0.134. The molecule has 1 aromatic carbocycles. The molecule has 18 heavy (non-hydrogen) atoms. The lowest BCUT2D eigenvalue weighted by Gasteiger charge is -2.15. The highest BCUT2D eigenvalue weighted by Crippen LogP contribution is 2.33. The third-order valence-corrected chi connectivity index (χ3v) is 3.04. The number of carbonyl (C=O) groups excluding carboxylic acids is 1. The number of carbonyl (C=O) groups is 1. The van der Waals surface area contributed by atoms with Crippen molar-refractivity contribution in [1.29, 1.82) is 0 Å². The third-order valence-electron chi connectivity index (χ3n) is 3.04. The van der Waals surface area contributed by atoms with Gasteiger partial charge in [-0.1, -0.05) is 30.3 Å². The molecule has 0 heterocycles. The van der Waals surface area contributed by atoms with E-state index in [1.807, 2.05) is 30.3 Å². The van der Waals surface area contributed by atoms with Crippen molar-refractivity contribution in [1.82, 2.24) is 5.32 Å². The number of alkyl carbamates (subject to hydrolysis) is 1. The van der Waals surface area contributed by atoms with E-state index in [-0.39, 0.29) is 12.1 Å². The topological polar surface area (TPSA) is 38.3 Å². The van der Waals surface area contributed by atoms with E-state index in [2.05, 4.69) is 11.2 Å². The second-order valence-corrected chi connectivity index (χ2v) is 4.56. The minimum atomic E-state index is -0.383. The molecule has 1 N–H and O–H groups in total. The third kappa shape index (κ3) is 3.81. The first kappa shape index (κ1) is 12.5. The SMILES string of the molecule is C#CCC(NC(=O)OCc1ccccc1)C1CC1. The second kappa shape index (κ2) is 6.11. The van der Waals surface area contributed by atoms with Gasteiger partial charge in [0.25, 0.3) is 0 Å². The van der Waals surface area contributed by atoms with Gasteiger partial charge in [-0.25, -0.2) is 4.79 Å². The first-order valence-corrected chi connectivity index (χ1v) is 6.20. The number of rotatable bonds is 5. The molecule has 2 rings (SSSR count). The Kier molecular flexibility index (Phi) is 4.25. The number of nitrogens with one attached hydrogen (secondary N) is 1. The van der Waals surface area contributed by atoms with E-state index in [4.69, 9.17) is 11.2 Å². The van der Waals surface area contributed by atoms with Crippen LogP contribution >= 0.6 is 0 Å². The molecule has 0 aromatic heterocycles. The number of amides is 1. The molecule has 1 aliphatic rings. The standard InChI is InChI=1S/C15H17NO2/c1-2-6-14(13-9-10-13)16-15(17)18-11-12-7-4-3-5-8-12/h1,3-5,7-8,13-14H,6,9-11H2,(H,16,17). The Balaban J connectivity index is 1.76. The summed E-state index contributed by atoms with van der Waals surface area (Å²) in [4.78, 5) is 11.6. The zero-order chi connectivity index (χ0) is 12.8. The largest absolute Gasteiger partial charge is 0.445 e. The molecular formula is C15H17NO2. The van der Waals surface area contributed by atoms with E-state index in [1.54, 1.807) is 0 Å².